The van der Waals surface area contributed by atoms with Crippen molar-refractivity contribution >= 4 is 45.6 Å². The van der Waals surface area contributed by atoms with E-state index in [0.717, 1.165) is 95.4 Å². The summed E-state index contributed by atoms with van der Waals surface area (Å²) in [5, 5.41) is 6.84. The van der Waals surface area contributed by atoms with E-state index in [2.05, 4.69) is 122 Å². The number of anilines is 1. The van der Waals surface area contributed by atoms with Crippen LogP contribution in [0.15, 0.2) is 114 Å². The zero-order chi connectivity index (χ0) is 31.7. The van der Waals surface area contributed by atoms with Crippen molar-refractivity contribution in [3.05, 3.63) is 120 Å². The second-order valence-corrected chi connectivity index (χ2v) is 14.3. The summed E-state index contributed by atoms with van der Waals surface area (Å²) in [7, 11) is 3.81. The Balaban J connectivity index is 0.941. The van der Waals surface area contributed by atoms with E-state index in [4.69, 9.17) is 0 Å². The van der Waals surface area contributed by atoms with Gasteiger partial charge >= 0.3 is 0 Å². The van der Waals surface area contributed by atoms with Crippen molar-refractivity contribution in [1.29, 1.82) is 0 Å². The Bertz CT molecular complexity index is 1410. The zero-order valence-corrected chi connectivity index (χ0v) is 28.7. The van der Waals surface area contributed by atoms with E-state index >= 15 is 0 Å². The number of hydrogen-bond donors (Lipinski definition) is 2. The Morgan fingerprint density at radius 3 is 2.15 bits per heavy atom. The minimum atomic E-state index is 0.819. The first-order valence-corrected chi connectivity index (χ1v) is 19.1. The molecule has 2 aliphatic heterocycles. The highest BCUT2D eigenvalue weighted by Gasteiger charge is 2.14. The van der Waals surface area contributed by atoms with E-state index in [0.29, 0.717) is 0 Å². The van der Waals surface area contributed by atoms with Gasteiger partial charge in [0.1, 0.15) is 0 Å². The van der Waals surface area contributed by atoms with Crippen LogP contribution in [-0.4, -0.2) is 81.5 Å². The molecule has 2 saturated heterocycles. The summed E-state index contributed by atoms with van der Waals surface area (Å²) >= 11 is 0. The highest BCUT2D eigenvalue weighted by Crippen LogP contribution is 2.23. The molecule has 2 fully saturated rings. The molecule has 0 unspecified atom stereocenters. The van der Waals surface area contributed by atoms with Crippen LogP contribution in [0.2, 0.25) is 0 Å². The topological polar surface area (TPSA) is 46.8 Å². The Kier molecular flexibility index (Phi) is 14.3. The van der Waals surface area contributed by atoms with Gasteiger partial charge in [-0.2, -0.15) is 0 Å². The number of rotatable bonds is 15. The van der Waals surface area contributed by atoms with Gasteiger partial charge in [-0.05, 0) is 59.4 Å². The van der Waals surface area contributed by atoms with Gasteiger partial charge in [0.25, 0.3) is 0 Å². The molecule has 46 heavy (non-hydrogen) atoms. The van der Waals surface area contributed by atoms with E-state index in [-0.39, 0.29) is 0 Å². The Labute approximate surface area is 284 Å². The van der Waals surface area contributed by atoms with Crippen LogP contribution in [0.5, 0.6) is 0 Å². The third kappa shape index (κ3) is 11.5. The number of allylic oxidation sites excluding steroid dienone is 9. The van der Waals surface area contributed by atoms with Gasteiger partial charge in [-0.3, -0.25) is 4.99 Å². The maximum atomic E-state index is 4.58. The standard InChI is InChI=1S/C38H49N6S2/c1-2-33(3-4-34-7-11-37(12-8-34)43-26-19-40-20-27-43)15-18-39-23-31-45-46-32-30-42-24-16-36(17-25-42)6-5-35-9-13-38(14-10-35)44-28-21-41-22-29-44/h2-7,9-11,13-18,24-25,40-41H,1,8,12,19-23,26-32H2/q+1/b4-3+,33-15+,39-18?. The normalized spacial score (nSPS) is 18.0. The molecule has 6 nitrogen and oxygen atoms in total. The molecule has 1 aliphatic carbocycles. The van der Waals surface area contributed by atoms with Crippen LogP contribution < -0.4 is 20.1 Å². The summed E-state index contributed by atoms with van der Waals surface area (Å²) in [6.07, 6.45) is 25.7. The van der Waals surface area contributed by atoms with Crippen LogP contribution in [0.4, 0.5) is 5.69 Å². The molecular formula is C38H49N6S2+. The van der Waals surface area contributed by atoms with Crippen LogP contribution in [0.1, 0.15) is 24.0 Å². The monoisotopic (exact) mass is 653 g/mol. The summed E-state index contributed by atoms with van der Waals surface area (Å²) in [6, 6.07) is 13.3. The molecular weight excluding hydrogens is 605 g/mol. The van der Waals surface area contributed by atoms with Crippen LogP contribution in [-0.2, 0) is 6.54 Å². The van der Waals surface area contributed by atoms with Crippen molar-refractivity contribution < 1.29 is 4.57 Å². The number of nitrogens with zero attached hydrogens (tertiary/aromatic N) is 4. The molecule has 0 saturated carbocycles. The fraction of sp³-hybridized carbons (Fsp3) is 0.368. The molecule has 0 spiro atoms. The van der Waals surface area contributed by atoms with Crippen LogP contribution in [0.25, 0.3) is 12.2 Å². The van der Waals surface area contributed by atoms with Gasteiger partial charge in [0.15, 0.2) is 18.9 Å². The van der Waals surface area contributed by atoms with Crippen molar-refractivity contribution in [2.45, 2.75) is 19.4 Å². The molecule has 242 valence electrons. The van der Waals surface area contributed by atoms with Gasteiger partial charge < -0.3 is 20.4 Å². The summed E-state index contributed by atoms with van der Waals surface area (Å²) in [4.78, 5) is 9.54. The van der Waals surface area contributed by atoms with Crippen molar-refractivity contribution in [3.8, 4) is 0 Å². The number of pyridine rings is 1. The van der Waals surface area contributed by atoms with E-state index in [9.17, 15) is 0 Å². The molecule has 8 heteroatoms. The minimum Gasteiger partial charge on any atom is -0.372 e. The molecule has 0 atom stereocenters. The lowest BCUT2D eigenvalue weighted by atomic mass is 10.00. The minimum absolute atomic E-state index is 0.819. The average Bonchev–Trinajstić information content (AvgIpc) is 3.13. The first-order chi connectivity index (χ1) is 22.8. The smallest absolute Gasteiger partial charge is 0.169 e. The largest absolute Gasteiger partial charge is 0.372 e. The van der Waals surface area contributed by atoms with Crippen LogP contribution >= 0.6 is 21.6 Å². The Hall–Kier alpha value is -3.30. The Morgan fingerprint density at radius 2 is 1.48 bits per heavy atom. The SMILES string of the molecule is C=CC(/C=C/C1=CC=C(N2CCNCC2)CC1)=C\C=NCCSSCC[n+]1ccc(/C=C/c2ccc(N3CCNCC3)cc2)cc1. The van der Waals surface area contributed by atoms with Gasteiger partial charge in [0.2, 0.25) is 0 Å². The van der Waals surface area contributed by atoms with Gasteiger partial charge in [-0.1, -0.05) is 76.8 Å². The highest BCUT2D eigenvalue weighted by atomic mass is 33.1. The summed E-state index contributed by atoms with van der Waals surface area (Å²) < 4.78 is 2.26. The lowest BCUT2D eigenvalue weighted by Gasteiger charge is -2.32. The first kappa shape index (κ1) is 34.0. The molecule has 5 rings (SSSR count). The van der Waals surface area contributed by atoms with Crippen molar-refractivity contribution in [2.75, 3.05) is 75.3 Å². The molecule has 2 aromatic rings. The number of nitrogens with one attached hydrogen (secondary N) is 2. The molecule has 3 aliphatic rings. The molecule has 0 amide bonds. The number of aryl methyl sites for hydroxylation is 1. The average molecular weight is 654 g/mol. The maximum absolute atomic E-state index is 4.58. The van der Waals surface area contributed by atoms with Gasteiger partial charge in [0, 0.05) is 94.4 Å². The third-order valence-electron chi connectivity index (χ3n) is 8.36. The predicted molar refractivity (Wildman–Crippen MR) is 203 cm³/mol. The third-order valence-corrected chi connectivity index (χ3v) is 10.7. The van der Waals surface area contributed by atoms with Gasteiger partial charge in [-0.15, -0.1) is 0 Å². The number of hydrogen-bond acceptors (Lipinski definition) is 7. The summed E-state index contributed by atoms with van der Waals surface area (Å²) in [5.41, 5.74) is 7.68. The quantitative estimate of drug-likeness (QED) is 0.0787. The number of piperazine rings is 2. The van der Waals surface area contributed by atoms with E-state index in [1.807, 2.05) is 40.0 Å². The number of benzene rings is 1. The Morgan fingerprint density at radius 1 is 0.804 bits per heavy atom. The number of aliphatic imine (C=N–C) groups is 1. The van der Waals surface area contributed by atoms with Gasteiger partial charge in [0.05, 0.1) is 5.75 Å². The maximum Gasteiger partial charge on any atom is 0.169 e. The molecule has 0 radical (unpaired) electrons. The lowest BCUT2D eigenvalue weighted by Crippen LogP contribution is -2.43. The lowest BCUT2D eigenvalue weighted by molar-refractivity contribution is -0.692. The van der Waals surface area contributed by atoms with Crippen molar-refractivity contribution in [3.63, 3.8) is 0 Å². The van der Waals surface area contributed by atoms with Crippen LogP contribution in [0, 0.1) is 0 Å². The summed E-state index contributed by atoms with van der Waals surface area (Å²) in [5.74, 6) is 2.08. The fourth-order valence-electron chi connectivity index (χ4n) is 5.60. The second-order valence-electron chi connectivity index (χ2n) is 11.6. The predicted octanol–water partition coefficient (Wildman–Crippen LogP) is 6.18. The molecule has 1 aromatic heterocycles. The highest BCUT2D eigenvalue weighted by molar-refractivity contribution is 8.76. The molecule has 2 N–H and O–H groups in total. The van der Waals surface area contributed by atoms with Crippen LogP contribution in [0.3, 0.4) is 0 Å². The number of aromatic nitrogens is 1. The first-order valence-electron chi connectivity index (χ1n) is 16.6. The molecule has 3 heterocycles. The molecule has 1 aromatic carbocycles. The van der Waals surface area contributed by atoms with Crippen molar-refractivity contribution in [2.24, 2.45) is 4.99 Å². The van der Waals surface area contributed by atoms with Crippen molar-refractivity contribution in [1.82, 2.24) is 15.5 Å². The zero-order valence-electron chi connectivity index (χ0n) is 27.0. The van der Waals surface area contributed by atoms with E-state index in [1.165, 1.54) is 28.1 Å². The summed E-state index contributed by atoms with van der Waals surface area (Å²) in [6.45, 7) is 14.5. The fourth-order valence-corrected chi connectivity index (χ4v) is 7.45. The van der Waals surface area contributed by atoms with Gasteiger partial charge in [-0.25, -0.2) is 4.57 Å². The molecule has 0 bridgehead atoms. The van der Waals surface area contributed by atoms with E-state index < -0.39 is 0 Å². The van der Waals surface area contributed by atoms with E-state index in [1.54, 1.807) is 0 Å². The second kappa shape index (κ2) is 19.4.